The van der Waals surface area contributed by atoms with Crippen molar-refractivity contribution in [1.82, 2.24) is 5.32 Å². The van der Waals surface area contributed by atoms with Gasteiger partial charge in [0.05, 0.1) is 11.3 Å². The summed E-state index contributed by atoms with van der Waals surface area (Å²) in [5.74, 6) is 0.715. The van der Waals surface area contributed by atoms with Gasteiger partial charge in [0.15, 0.2) is 0 Å². The summed E-state index contributed by atoms with van der Waals surface area (Å²) >= 11 is 1.61. The standard InChI is InChI=1S/C20H23NOS/c1-14-8-10-16(11-9-14)19(17-12-13-17)21-20(22)15(2)23-18-6-4-3-5-7-18/h3-11,15,17,19H,12-13H2,1-2H3,(H,21,22). The number of amides is 1. The van der Waals surface area contributed by atoms with Crippen LogP contribution in [0.15, 0.2) is 59.5 Å². The van der Waals surface area contributed by atoms with Crippen LogP contribution in [0, 0.1) is 12.8 Å². The van der Waals surface area contributed by atoms with Crippen molar-refractivity contribution in [2.75, 3.05) is 0 Å². The van der Waals surface area contributed by atoms with Gasteiger partial charge >= 0.3 is 0 Å². The van der Waals surface area contributed by atoms with Crippen molar-refractivity contribution in [2.45, 2.75) is 42.9 Å². The van der Waals surface area contributed by atoms with Gasteiger partial charge in [0.1, 0.15) is 0 Å². The van der Waals surface area contributed by atoms with Crippen LogP contribution in [0.4, 0.5) is 0 Å². The molecule has 0 spiro atoms. The molecule has 2 atom stereocenters. The Hall–Kier alpha value is -1.74. The summed E-state index contributed by atoms with van der Waals surface area (Å²) in [6.45, 7) is 4.07. The predicted octanol–water partition coefficient (Wildman–Crippen LogP) is 4.74. The topological polar surface area (TPSA) is 29.1 Å². The van der Waals surface area contributed by atoms with Crippen LogP contribution in [0.5, 0.6) is 0 Å². The number of aryl methyl sites for hydroxylation is 1. The number of nitrogens with one attached hydrogen (secondary N) is 1. The third-order valence-corrected chi connectivity index (χ3v) is 5.36. The van der Waals surface area contributed by atoms with Crippen LogP contribution < -0.4 is 5.32 Å². The van der Waals surface area contributed by atoms with Gasteiger partial charge in [0.2, 0.25) is 5.91 Å². The maximum atomic E-state index is 12.6. The van der Waals surface area contributed by atoms with E-state index in [1.807, 2.05) is 37.3 Å². The Kier molecular flexibility index (Phi) is 5.06. The molecule has 3 heteroatoms. The van der Waals surface area contributed by atoms with Gasteiger partial charge in [0.25, 0.3) is 0 Å². The van der Waals surface area contributed by atoms with Crippen LogP contribution in [-0.2, 0) is 4.79 Å². The highest BCUT2D eigenvalue weighted by Gasteiger charge is 2.34. The van der Waals surface area contributed by atoms with E-state index in [-0.39, 0.29) is 17.2 Å². The zero-order chi connectivity index (χ0) is 16.2. The lowest BCUT2D eigenvalue weighted by Crippen LogP contribution is -2.35. The molecule has 0 bridgehead atoms. The molecule has 1 amide bonds. The minimum absolute atomic E-state index is 0.0934. The van der Waals surface area contributed by atoms with E-state index in [1.54, 1.807) is 11.8 Å². The number of carbonyl (C=O) groups excluding carboxylic acids is 1. The average Bonchev–Trinajstić information content (AvgIpc) is 3.39. The monoisotopic (exact) mass is 325 g/mol. The number of rotatable bonds is 6. The van der Waals surface area contributed by atoms with Crippen molar-refractivity contribution >= 4 is 17.7 Å². The molecule has 120 valence electrons. The molecular weight excluding hydrogens is 302 g/mol. The molecule has 1 saturated carbocycles. The molecule has 0 radical (unpaired) electrons. The van der Waals surface area contributed by atoms with Crippen molar-refractivity contribution < 1.29 is 4.79 Å². The van der Waals surface area contributed by atoms with Crippen LogP contribution in [0.25, 0.3) is 0 Å². The highest BCUT2D eigenvalue weighted by atomic mass is 32.2. The highest BCUT2D eigenvalue weighted by molar-refractivity contribution is 8.00. The molecule has 2 unspecified atom stereocenters. The number of thioether (sulfide) groups is 1. The number of hydrogen-bond acceptors (Lipinski definition) is 2. The van der Waals surface area contributed by atoms with Gasteiger partial charge in [-0.15, -0.1) is 11.8 Å². The van der Waals surface area contributed by atoms with Gasteiger partial charge in [-0.05, 0) is 50.3 Å². The Bertz CT molecular complexity index is 649. The van der Waals surface area contributed by atoms with E-state index in [0.29, 0.717) is 5.92 Å². The fraction of sp³-hybridized carbons (Fsp3) is 0.350. The summed E-state index contributed by atoms with van der Waals surface area (Å²) in [6.07, 6.45) is 2.41. The molecular formula is C20H23NOS. The van der Waals surface area contributed by atoms with E-state index in [2.05, 4.69) is 36.5 Å². The number of hydrogen-bond donors (Lipinski definition) is 1. The molecule has 23 heavy (non-hydrogen) atoms. The molecule has 1 N–H and O–H groups in total. The van der Waals surface area contributed by atoms with E-state index in [1.165, 1.54) is 24.0 Å². The van der Waals surface area contributed by atoms with E-state index >= 15 is 0 Å². The second-order valence-electron chi connectivity index (χ2n) is 6.31. The first-order valence-corrected chi connectivity index (χ1v) is 9.10. The van der Waals surface area contributed by atoms with Gasteiger partial charge in [-0.25, -0.2) is 0 Å². The van der Waals surface area contributed by atoms with Crippen LogP contribution >= 0.6 is 11.8 Å². The van der Waals surface area contributed by atoms with Gasteiger partial charge in [-0.3, -0.25) is 4.79 Å². The molecule has 0 aliphatic heterocycles. The van der Waals surface area contributed by atoms with Crippen LogP contribution in [0.1, 0.15) is 36.9 Å². The molecule has 2 nitrogen and oxygen atoms in total. The minimum Gasteiger partial charge on any atom is -0.348 e. The maximum Gasteiger partial charge on any atom is 0.233 e. The van der Waals surface area contributed by atoms with Crippen LogP contribution in [0.3, 0.4) is 0 Å². The van der Waals surface area contributed by atoms with Crippen molar-refractivity contribution in [3.05, 3.63) is 65.7 Å². The Balaban J connectivity index is 1.65. The van der Waals surface area contributed by atoms with Crippen molar-refractivity contribution in [3.63, 3.8) is 0 Å². The first-order valence-electron chi connectivity index (χ1n) is 8.22. The third kappa shape index (κ3) is 4.38. The second-order valence-corrected chi connectivity index (χ2v) is 7.72. The molecule has 2 aromatic rings. The molecule has 2 aromatic carbocycles. The summed E-state index contributed by atoms with van der Waals surface area (Å²) < 4.78 is 0. The summed E-state index contributed by atoms with van der Waals surface area (Å²) in [6, 6.07) is 18.8. The van der Waals surface area contributed by atoms with Crippen molar-refractivity contribution in [1.29, 1.82) is 0 Å². The summed E-state index contributed by atoms with van der Waals surface area (Å²) in [4.78, 5) is 13.7. The third-order valence-electron chi connectivity index (χ3n) is 4.25. The van der Waals surface area contributed by atoms with E-state index < -0.39 is 0 Å². The van der Waals surface area contributed by atoms with E-state index in [0.717, 1.165) is 4.90 Å². The molecule has 0 saturated heterocycles. The molecule has 0 aromatic heterocycles. The average molecular weight is 325 g/mol. The number of benzene rings is 2. The molecule has 0 heterocycles. The Morgan fingerprint density at radius 3 is 2.35 bits per heavy atom. The lowest BCUT2D eigenvalue weighted by atomic mass is 10.0. The predicted molar refractivity (Wildman–Crippen MR) is 96.5 cm³/mol. The van der Waals surface area contributed by atoms with Gasteiger partial charge in [-0.2, -0.15) is 0 Å². The SMILES string of the molecule is Cc1ccc(C(NC(=O)C(C)Sc2ccccc2)C2CC2)cc1. The molecule has 3 rings (SSSR count). The number of carbonyl (C=O) groups is 1. The minimum atomic E-state index is -0.0934. The summed E-state index contributed by atoms with van der Waals surface area (Å²) in [5, 5.41) is 3.18. The summed E-state index contributed by atoms with van der Waals surface area (Å²) in [5.41, 5.74) is 2.48. The quantitative estimate of drug-likeness (QED) is 0.777. The van der Waals surface area contributed by atoms with Gasteiger partial charge < -0.3 is 5.32 Å². The first-order chi connectivity index (χ1) is 11.1. The van der Waals surface area contributed by atoms with Crippen LogP contribution in [0.2, 0.25) is 0 Å². The lowest BCUT2D eigenvalue weighted by molar-refractivity contribution is -0.121. The highest BCUT2D eigenvalue weighted by Crippen LogP contribution is 2.41. The second kappa shape index (κ2) is 7.22. The van der Waals surface area contributed by atoms with Crippen molar-refractivity contribution in [3.8, 4) is 0 Å². The maximum absolute atomic E-state index is 12.6. The Morgan fingerprint density at radius 2 is 1.74 bits per heavy atom. The fourth-order valence-corrected chi connectivity index (χ4v) is 3.60. The smallest absolute Gasteiger partial charge is 0.233 e. The fourth-order valence-electron chi connectivity index (χ4n) is 2.70. The van der Waals surface area contributed by atoms with E-state index in [4.69, 9.17) is 0 Å². The zero-order valence-electron chi connectivity index (χ0n) is 13.7. The molecule has 1 aliphatic rings. The van der Waals surface area contributed by atoms with Crippen LogP contribution in [-0.4, -0.2) is 11.2 Å². The lowest BCUT2D eigenvalue weighted by Gasteiger charge is -2.21. The van der Waals surface area contributed by atoms with Gasteiger partial charge in [-0.1, -0.05) is 48.0 Å². The largest absolute Gasteiger partial charge is 0.348 e. The normalized spacial score (nSPS) is 16.6. The Morgan fingerprint density at radius 1 is 1.09 bits per heavy atom. The van der Waals surface area contributed by atoms with Crippen molar-refractivity contribution in [2.24, 2.45) is 5.92 Å². The molecule has 1 aliphatic carbocycles. The zero-order valence-corrected chi connectivity index (χ0v) is 14.5. The first kappa shape index (κ1) is 16.1. The van der Waals surface area contributed by atoms with E-state index in [9.17, 15) is 4.79 Å². The van der Waals surface area contributed by atoms with Gasteiger partial charge in [0, 0.05) is 4.90 Å². The molecule has 1 fully saturated rings. The summed E-state index contributed by atoms with van der Waals surface area (Å²) in [7, 11) is 0. The Labute approximate surface area is 142 Å².